The molecule has 0 heterocycles. The lowest BCUT2D eigenvalue weighted by Crippen LogP contribution is -1.68. The molecule has 2 aliphatic rings. The first-order valence-corrected chi connectivity index (χ1v) is 2.88. The Hall–Kier alpha value is -0.910. The first-order valence-electron chi connectivity index (χ1n) is 2.88. The molecule has 0 unspecified atom stereocenters. The van der Waals surface area contributed by atoms with Crippen LogP contribution < -0.4 is 0 Å². The fraction of sp³-hybridized carbons (Fsp3) is 0.125. The van der Waals surface area contributed by atoms with Gasteiger partial charge in [-0.25, -0.2) is 0 Å². The quantitative estimate of drug-likeness (QED) is 0.411. The Morgan fingerprint density at radius 3 is 3.25 bits per heavy atom. The molecule has 0 saturated carbocycles. The Morgan fingerprint density at radius 1 is 1.38 bits per heavy atom. The van der Waals surface area contributed by atoms with Crippen LogP contribution in [0.3, 0.4) is 0 Å². The van der Waals surface area contributed by atoms with E-state index in [0.29, 0.717) is 0 Å². The Labute approximate surface area is 49.2 Å². The monoisotopic (exact) mass is 103 g/mol. The highest BCUT2D eigenvalue weighted by molar-refractivity contribution is 5.53. The molecule has 0 heteroatoms. The Morgan fingerprint density at radius 2 is 2.38 bits per heavy atom. The van der Waals surface area contributed by atoms with Crippen molar-refractivity contribution in [2.75, 3.05) is 0 Å². The van der Waals surface area contributed by atoms with E-state index in [9.17, 15) is 0 Å². The summed E-state index contributed by atoms with van der Waals surface area (Å²) in [6, 6.07) is 0. The van der Waals surface area contributed by atoms with E-state index in [1.807, 2.05) is 0 Å². The summed E-state index contributed by atoms with van der Waals surface area (Å²) in [4.78, 5) is 0. The smallest absolute Gasteiger partial charge is 0.0511 e. The molecule has 0 aliphatic heterocycles. The minimum atomic E-state index is 1.14. The topological polar surface area (TPSA) is 0 Å². The molecule has 0 aromatic carbocycles. The summed E-state index contributed by atoms with van der Waals surface area (Å²) in [6.45, 7) is 0. The summed E-state index contributed by atoms with van der Waals surface area (Å²) >= 11 is 0. The molecule has 38 valence electrons. The van der Waals surface area contributed by atoms with Gasteiger partial charge in [0, 0.05) is 12.5 Å². The highest BCUT2D eigenvalue weighted by Crippen LogP contribution is 2.28. The van der Waals surface area contributed by atoms with E-state index < -0.39 is 0 Å². The van der Waals surface area contributed by atoms with E-state index >= 15 is 0 Å². The van der Waals surface area contributed by atoms with Crippen LogP contribution in [0.2, 0.25) is 0 Å². The van der Waals surface area contributed by atoms with Gasteiger partial charge in [0.15, 0.2) is 0 Å². The third-order valence-electron chi connectivity index (χ3n) is 1.58. The lowest BCUT2D eigenvalue weighted by molar-refractivity contribution is 1.34. The van der Waals surface area contributed by atoms with Crippen LogP contribution in [0.1, 0.15) is 6.42 Å². The van der Waals surface area contributed by atoms with Gasteiger partial charge in [-0.2, -0.15) is 0 Å². The Bertz CT molecular complexity index is 192. The maximum atomic E-state index is 2.20. The number of rotatable bonds is 0. The van der Waals surface area contributed by atoms with Gasteiger partial charge in [0.25, 0.3) is 0 Å². The van der Waals surface area contributed by atoms with Gasteiger partial charge in [-0.3, -0.25) is 0 Å². The standard InChI is InChI=1S/C8H7/c1-3-7-5-2-6-8(7)4-1/h1-5H,6H2/q+1. The summed E-state index contributed by atoms with van der Waals surface area (Å²) in [5.41, 5.74) is 2.88. The first-order chi connectivity index (χ1) is 3.97. The number of hydrogen-bond donors (Lipinski definition) is 0. The maximum absolute atomic E-state index is 2.20. The normalized spacial score (nSPS) is 22.0. The highest BCUT2D eigenvalue weighted by Gasteiger charge is 2.20. The zero-order valence-corrected chi connectivity index (χ0v) is 4.59. The molecule has 8 heavy (non-hydrogen) atoms. The van der Waals surface area contributed by atoms with Gasteiger partial charge in [-0.1, -0.05) is 6.08 Å². The molecule has 0 aromatic heterocycles. The van der Waals surface area contributed by atoms with Crippen LogP contribution in [-0.2, 0) is 0 Å². The van der Waals surface area contributed by atoms with Crippen molar-refractivity contribution in [3.63, 3.8) is 0 Å². The van der Waals surface area contributed by atoms with E-state index in [0.717, 1.165) is 6.42 Å². The van der Waals surface area contributed by atoms with Crippen molar-refractivity contribution >= 4 is 0 Å². The summed E-state index contributed by atoms with van der Waals surface area (Å²) in [5.74, 6) is 0. The zero-order chi connectivity index (χ0) is 5.40. The van der Waals surface area contributed by atoms with Crippen molar-refractivity contribution < 1.29 is 0 Å². The van der Waals surface area contributed by atoms with Crippen molar-refractivity contribution in [1.82, 2.24) is 0 Å². The number of allylic oxidation sites excluding steroid dienone is 6. The second-order valence-corrected chi connectivity index (χ2v) is 2.11. The predicted octanol–water partition coefficient (Wildman–Crippen LogP) is 2.02. The Kier molecular flexibility index (Phi) is 0.644. The van der Waals surface area contributed by atoms with Crippen LogP contribution in [0, 0.1) is 6.42 Å². The maximum Gasteiger partial charge on any atom is 0.121 e. The van der Waals surface area contributed by atoms with Crippen molar-refractivity contribution in [3.8, 4) is 0 Å². The molecule has 0 bridgehead atoms. The SMILES string of the molecule is C1=CC2=C[CH+]C=C2C1. The van der Waals surface area contributed by atoms with Crippen molar-refractivity contribution in [2.24, 2.45) is 0 Å². The van der Waals surface area contributed by atoms with E-state index in [1.54, 1.807) is 0 Å². The summed E-state index contributed by atoms with van der Waals surface area (Å²) in [5, 5.41) is 0. The van der Waals surface area contributed by atoms with Gasteiger partial charge in [-0.05, 0) is 0 Å². The zero-order valence-electron chi connectivity index (χ0n) is 4.59. The number of hydrogen-bond acceptors (Lipinski definition) is 0. The average molecular weight is 103 g/mol. The molecule has 0 radical (unpaired) electrons. The largest absolute Gasteiger partial charge is 0.121 e. The molecule has 0 amide bonds. The highest BCUT2D eigenvalue weighted by atomic mass is 14.1. The molecule has 0 spiro atoms. The Balaban J connectivity index is 2.48. The van der Waals surface area contributed by atoms with Crippen LogP contribution >= 0.6 is 0 Å². The van der Waals surface area contributed by atoms with Crippen molar-refractivity contribution in [3.05, 3.63) is 41.9 Å². The van der Waals surface area contributed by atoms with Crippen LogP contribution in [0.4, 0.5) is 0 Å². The van der Waals surface area contributed by atoms with Gasteiger partial charge < -0.3 is 0 Å². The van der Waals surface area contributed by atoms with Gasteiger partial charge in [0.05, 0.1) is 18.6 Å². The van der Waals surface area contributed by atoms with E-state index in [-0.39, 0.29) is 0 Å². The third-order valence-corrected chi connectivity index (χ3v) is 1.58. The van der Waals surface area contributed by atoms with Crippen LogP contribution in [-0.4, -0.2) is 0 Å². The predicted molar refractivity (Wildman–Crippen MR) is 34.2 cm³/mol. The summed E-state index contributed by atoms with van der Waals surface area (Å²) < 4.78 is 0. The lowest BCUT2D eigenvalue weighted by Gasteiger charge is -1.75. The van der Waals surface area contributed by atoms with Crippen LogP contribution in [0.15, 0.2) is 35.5 Å². The fourth-order valence-corrected chi connectivity index (χ4v) is 1.13. The van der Waals surface area contributed by atoms with Crippen molar-refractivity contribution in [1.29, 1.82) is 0 Å². The minimum absolute atomic E-state index is 1.14. The lowest BCUT2D eigenvalue weighted by atomic mass is 10.2. The number of fused-ring (bicyclic) bond motifs is 1. The molecule has 0 nitrogen and oxygen atoms in total. The molecule has 0 atom stereocenters. The molecule has 0 saturated heterocycles. The molecule has 0 N–H and O–H groups in total. The van der Waals surface area contributed by atoms with E-state index in [4.69, 9.17) is 0 Å². The molecular weight excluding hydrogens is 96.1 g/mol. The van der Waals surface area contributed by atoms with E-state index in [2.05, 4.69) is 30.7 Å². The van der Waals surface area contributed by atoms with Crippen LogP contribution in [0.25, 0.3) is 0 Å². The molecule has 2 rings (SSSR count). The molecule has 2 aliphatic carbocycles. The van der Waals surface area contributed by atoms with Gasteiger partial charge in [-0.15, -0.1) is 0 Å². The van der Waals surface area contributed by atoms with Gasteiger partial charge in [0.1, 0.15) is 11.1 Å². The minimum Gasteiger partial charge on any atom is -0.0511 e. The van der Waals surface area contributed by atoms with Gasteiger partial charge >= 0.3 is 0 Å². The van der Waals surface area contributed by atoms with Crippen LogP contribution in [0.5, 0.6) is 0 Å². The average Bonchev–Trinajstić information content (AvgIpc) is 2.15. The summed E-state index contributed by atoms with van der Waals surface area (Å²) in [6.07, 6.45) is 11.9. The summed E-state index contributed by atoms with van der Waals surface area (Å²) in [7, 11) is 0. The molecular formula is C8H7+. The first kappa shape index (κ1) is 4.02. The second-order valence-electron chi connectivity index (χ2n) is 2.11. The third kappa shape index (κ3) is 0.374. The van der Waals surface area contributed by atoms with Gasteiger partial charge in [0.2, 0.25) is 0 Å². The second kappa shape index (κ2) is 1.28. The van der Waals surface area contributed by atoms with Crippen molar-refractivity contribution in [2.45, 2.75) is 6.42 Å². The molecule has 0 aromatic rings. The fourth-order valence-electron chi connectivity index (χ4n) is 1.13. The molecule has 0 fully saturated rings. The van der Waals surface area contributed by atoms with E-state index in [1.165, 1.54) is 11.1 Å².